The number of aromatic nitrogens is 1. The molecular formula is C7H6N2S. The molecule has 0 aliphatic carbocycles. The molecule has 0 saturated heterocycles. The number of thioether (sulfide) groups is 1. The van der Waals surface area contributed by atoms with Gasteiger partial charge in [0.2, 0.25) is 0 Å². The molecule has 1 aromatic heterocycles. The minimum atomic E-state index is 0.928. The summed E-state index contributed by atoms with van der Waals surface area (Å²) in [5.41, 5.74) is 0. The Hall–Kier alpha value is -0.960. The van der Waals surface area contributed by atoms with E-state index in [-0.39, 0.29) is 0 Å². The first kappa shape index (κ1) is 5.80. The van der Waals surface area contributed by atoms with Gasteiger partial charge in [0.05, 0.1) is 9.92 Å². The first-order chi connectivity index (χ1) is 4.86. The molecular weight excluding hydrogens is 144 g/mol. The quantitative estimate of drug-likeness (QED) is 0.612. The second-order valence-electron chi connectivity index (χ2n) is 2.00. The number of anilines is 1. The van der Waals surface area contributed by atoms with E-state index in [0.717, 1.165) is 15.7 Å². The van der Waals surface area contributed by atoms with Crippen molar-refractivity contribution in [3.05, 3.63) is 29.9 Å². The van der Waals surface area contributed by atoms with Gasteiger partial charge in [0, 0.05) is 6.20 Å². The fourth-order valence-corrected chi connectivity index (χ4v) is 1.62. The van der Waals surface area contributed by atoms with Gasteiger partial charge >= 0.3 is 0 Å². The van der Waals surface area contributed by atoms with Crippen LogP contribution in [0.3, 0.4) is 0 Å². The summed E-state index contributed by atoms with van der Waals surface area (Å²) in [5, 5.41) is 4.01. The van der Waals surface area contributed by atoms with Crippen molar-refractivity contribution in [3.63, 3.8) is 0 Å². The molecule has 2 rings (SSSR count). The SMILES string of the molecule is C=C1Nc2ncccc2S1. The zero-order valence-electron chi connectivity index (χ0n) is 5.29. The summed E-state index contributed by atoms with van der Waals surface area (Å²) < 4.78 is 0. The highest BCUT2D eigenvalue weighted by atomic mass is 32.2. The Labute approximate surface area is 63.4 Å². The second-order valence-corrected chi connectivity index (χ2v) is 3.14. The maximum absolute atomic E-state index is 4.12. The Bertz CT molecular complexity index is 256. The zero-order chi connectivity index (χ0) is 6.97. The van der Waals surface area contributed by atoms with E-state index in [1.807, 2.05) is 12.1 Å². The highest BCUT2D eigenvalue weighted by molar-refractivity contribution is 8.03. The highest BCUT2D eigenvalue weighted by Crippen LogP contribution is 2.37. The van der Waals surface area contributed by atoms with Crippen molar-refractivity contribution in [2.45, 2.75) is 4.90 Å². The summed E-state index contributed by atoms with van der Waals surface area (Å²) in [6.07, 6.45) is 1.77. The summed E-state index contributed by atoms with van der Waals surface area (Å²) in [7, 11) is 0. The van der Waals surface area contributed by atoms with Crippen LogP contribution in [0.2, 0.25) is 0 Å². The first-order valence-electron chi connectivity index (χ1n) is 2.95. The normalized spacial score (nSPS) is 14.6. The van der Waals surface area contributed by atoms with Gasteiger partial charge in [-0.15, -0.1) is 0 Å². The van der Waals surface area contributed by atoms with Gasteiger partial charge in [-0.1, -0.05) is 18.3 Å². The van der Waals surface area contributed by atoms with E-state index >= 15 is 0 Å². The summed E-state index contributed by atoms with van der Waals surface area (Å²) in [5.74, 6) is 0.928. The van der Waals surface area contributed by atoms with Crippen LogP contribution in [0.5, 0.6) is 0 Å². The molecule has 3 heteroatoms. The van der Waals surface area contributed by atoms with E-state index in [0.29, 0.717) is 0 Å². The Morgan fingerprint density at radius 3 is 3.30 bits per heavy atom. The molecule has 2 nitrogen and oxygen atoms in total. The number of rotatable bonds is 0. The Kier molecular flexibility index (Phi) is 1.17. The largest absolute Gasteiger partial charge is 0.334 e. The maximum atomic E-state index is 4.12. The van der Waals surface area contributed by atoms with Gasteiger partial charge in [0.15, 0.2) is 0 Å². The smallest absolute Gasteiger partial charge is 0.144 e. The van der Waals surface area contributed by atoms with Crippen molar-refractivity contribution in [1.29, 1.82) is 0 Å². The number of nitrogens with zero attached hydrogens (tertiary/aromatic N) is 1. The van der Waals surface area contributed by atoms with E-state index in [1.54, 1.807) is 18.0 Å². The lowest BCUT2D eigenvalue weighted by Gasteiger charge is -1.92. The molecule has 0 unspecified atom stereocenters. The lowest BCUT2D eigenvalue weighted by atomic mass is 10.5. The molecule has 0 aromatic carbocycles. The predicted octanol–water partition coefficient (Wildman–Crippen LogP) is 2.07. The van der Waals surface area contributed by atoms with Crippen molar-refractivity contribution in [1.82, 2.24) is 4.98 Å². The first-order valence-corrected chi connectivity index (χ1v) is 3.77. The predicted molar refractivity (Wildman–Crippen MR) is 42.9 cm³/mol. The summed E-state index contributed by atoms with van der Waals surface area (Å²) in [6, 6.07) is 3.95. The Balaban J connectivity index is 2.51. The molecule has 2 heterocycles. The average molecular weight is 150 g/mol. The lowest BCUT2D eigenvalue weighted by Crippen LogP contribution is -1.87. The van der Waals surface area contributed by atoms with Crippen LogP contribution < -0.4 is 5.32 Å². The van der Waals surface area contributed by atoms with Gasteiger partial charge in [-0.25, -0.2) is 4.98 Å². The Morgan fingerprint density at radius 1 is 1.60 bits per heavy atom. The van der Waals surface area contributed by atoms with E-state index in [9.17, 15) is 0 Å². The van der Waals surface area contributed by atoms with Crippen molar-refractivity contribution < 1.29 is 0 Å². The molecule has 1 N–H and O–H groups in total. The monoisotopic (exact) mass is 150 g/mol. The van der Waals surface area contributed by atoms with Crippen LogP contribution in [0.1, 0.15) is 0 Å². The minimum Gasteiger partial charge on any atom is -0.334 e. The van der Waals surface area contributed by atoms with Crippen molar-refractivity contribution in [2.75, 3.05) is 5.32 Å². The molecule has 0 spiro atoms. The van der Waals surface area contributed by atoms with Crippen LogP contribution >= 0.6 is 11.8 Å². The molecule has 0 bridgehead atoms. The lowest BCUT2D eigenvalue weighted by molar-refractivity contribution is 1.25. The maximum Gasteiger partial charge on any atom is 0.144 e. The van der Waals surface area contributed by atoms with Crippen molar-refractivity contribution in [3.8, 4) is 0 Å². The third-order valence-electron chi connectivity index (χ3n) is 1.26. The van der Waals surface area contributed by atoms with E-state index in [4.69, 9.17) is 0 Å². The molecule has 1 aliphatic rings. The van der Waals surface area contributed by atoms with Crippen LogP contribution in [0.25, 0.3) is 0 Å². The fourth-order valence-electron chi connectivity index (χ4n) is 0.857. The third-order valence-corrected chi connectivity index (χ3v) is 2.16. The van der Waals surface area contributed by atoms with E-state index < -0.39 is 0 Å². The van der Waals surface area contributed by atoms with Crippen molar-refractivity contribution >= 4 is 17.6 Å². The average Bonchev–Trinajstić information content (AvgIpc) is 2.27. The van der Waals surface area contributed by atoms with Gasteiger partial charge < -0.3 is 5.32 Å². The summed E-state index contributed by atoms with van der Waals surface area (Å²) >= 11 is 1.62. The standard InChI is InChI=1S/C7H6N2S/c1-5-9-7-6(10-5)3-2-4-8-7/h2-4H,1H2,(H,8,9). The van der Waals surface area contributed by atoms with Crippen LogP contribution in [0.15, 0.2) is 34.8 Å². The fraction of sp³-hybridized carbons (Fsp3) is 0. The third kappa shape index (κ3) is 0.789. The molecule has 1 aliphatic heterocycles. The number of hydrogen-bond acceptors (Lipinski definition) is 3. The van der Waals surface area contributed by atoms with Crippen LogP contribution in [0, 0.1) is 0 Å². The highest BCUT2D eigenvalue weighted by Gasteiger charge is 2.13. The molecule has 0 radical (unpaired) electrons. The molecule has 1 aromatic rings. The number of fused-ring (bicyclic) bond motifs is 1. The molecule has 0 saturated carbocycles. The van der Waals surface area contributed by atoms with Crippen LogP contribution in [-0.2, 0) is 0 Å². The Morgan fingerprint density at radius 2 is 2.50 bits per heavy atom. The molecule has 0 amide bonds. The molecule has 10 heavy (non-hydrogen) atoms. The van der Waals surface area contributed by atoms with Gasteiger partial charge in [0.25, 0.3) is 0 Å². The summed E-state index contributed by atoms with van der Waals surface area (Å²) in [6.45, 7) is 3.78. The van der Waals surface area contributed by atoms with Gasteiger partial charge in [-0.05, 0) is 12.1 Å². The van der Waals surface area contributed by atoms with E-state index in [1.165, 1.54) is 0 Å². The van der Waals surface area contributed by atoms with Crippen LogP contribution in [0.4, 0.5) is 5.82 Å². The summed E-state index contributed by atoms with van der Waals surface area (Å²) in [4.78, 5) is 5.28. The molecule has 0 atom stereocenters. The topological polar surface area (TPSA) is 24.9 Å². The minimum absolute atomic E-state index is 0.928. The van der Waals surface area contributed by atoms with Gasteiger partial charge in [0.1, 0.15) is 5.82 Å². The zero-order valence-corrected chi connectivity index (χ0v) is 6.11. The van der Waals surface area contributed by atoms with Gasteiger partial charge in [-0.2, -0.15) is 0 Å². The number of hydrogen-bond donors (Lipinski definition) is 1. The number of nitrogens with one attached hydrogen (secondary N) is 1. The molecule has 50 valence electrons. The molecule has 0 fully saturated rings. The van der Waals surface area contributed by atoms with Crippen molar-refractivity contribution in [2.24, 2.45) is 0 Å². The van der Waals surface area contributed by atoms with Crippen LogP contribution in [-0.4, -0.2) is 4.98 Å². The van der Waals surface area contributed by atoms with E-state index in [2.05, 4.69) is 16.9 Å². The van der Waals surface area contributed by atoms with Gasteiger partial charge in [-0.3, -0.25) is 0 Å². The second kappa shape index (κ2) is 2.02. The number of pyridine rings is 1.